The van der Waals surface area contributed by atoms with Crippen LogP contribution in [0.2, 0.25) is 0 Å². The molecule has 1 aliphatic carbocycles. The number of amides is 1. The fourth-order valence-electron chi connectivity index (χ4n) is 3.42. The number of hydrogen-bond acceptors (Lipinski definition) is 3. The molecule has 2 aliphatic rings. The van der Waals surface area contributed by atoms with Gasteiger partial charge in [0.15, 0.2) is 0 Å². The number of hydrogen-bond donors (Lipinski definition) is 2. The Kier molecular flexibility index (Phi) is 3.46. The Morgan fingerprint density at radius 1 is 1.24 bits per heavy atom. The molecule has 2 rings (SSSR count). The first-order chi connectivity index (χ1) is 7.96. The first-order valence-corrected chi connectivity index (χ1v) is 6.72. The Balaban J connectivity index is 2.19. The van der Waals surface area contributed by atoms with Gasteiger partial charge < -0.3 is 11.1 Å². The van der Waals surface area contributed by atoms with Gasteiger partial charge in [-0.15, -0.1) is 0 Å². The molecule has 1 saturated heterocycles. The number of rotatable bonds is 2. The van der Waals surface area contributed by atoms with Crippen molar-refractivity contribution in [3.05, 3.63) is 0 Å². The van der Waals surface area contributed by atoms with E-state index in [1.807, 2.05) is 0 Å². The Hall–Kier alpha value is -0.610. The monoisotopic (exact) mass is 239 g/mol. The fraction of sp³-hybridized carbons (Fsp3) is 0.923. The summed E-state index contributed by atoms with van der Waals surface area (Å²) in [4.78, 5) is 14.3. The zero-order valence-electron chi connectivity index (χ0n) is 11.1. The summed E-state index contributed by atoms with van der Waals surface area (Å²) in [6.07, 6.45) is 4.04. The molecule has 0 radical (unpaired) electrons. The minimum absolute atomic E-state index is 0.120. The summed E-state index contributed by atoms with van der Waals surface area (Å²) >= 11 is 0. The van der Waals surface area contributed by atoms with Crippen molar-refractivity contribution in [1.82, 2.24) is 10.2 Å². The summed E-state index contributed by atoms with van der Waals surface area (Å²) in [6, 6.07) is 0. The van der Waals surface area contributed by atoms with Gasteiger partial charge in [-0.1, -0.05) is 13.8 Å². The van der Waals surface area contributed by atoms with E-state index in [2.05, 4.69) is 24.1 Å². The molecule has 2 fully saturated rings. The second-order valence-electron chi connectivity index (χ2n) is 6.33. The van der Waals surface area contributed by atoms with E-state index in [0.29, 0.717) is 0 Å². The number of carbonyl (C=O) groups excluding carboxylic acids is 1. The first kappa shape index (κ1) is 12.8. The van der Waals surface area contributed by atoms with E-state index in [1.54, 1.807) is 0 Å². The maximum Gasteiger partial charge on any atom is 0.237 e. The van der Waals surface area contributed by atoms with E-state index in [9.17, 15) is 4.79 Å². The zero-order valence-corrected chi connectivity index (χ0v) is 11.1. The van der Waals surface area contributed by atoms with Crippen LogP contribution in [0.4, 0.5) is 0 Å². The lowest BCUT2D eigenvalue weighted by molar-refractivity contribution is -0.130. The van der Waals surface area contributed by atoms with Crippen LogP contribution in [-0.2, 0) is 4.79 Å². The summed E-state index contributed by atoms with van der Waals surface area (Å²) in [5, 5.41) is 3.38. The smallest absolute Gasteiger partial charge is 0.237 e. The standard InChI is InChI=1S/C13H25N3O/c1-12(2)4-5-13(10-12,11(14)17)16-8-3-6-15-7-9-16/h15H,3-10H2,1-2H3,(H2,14,17). The molecule has 0 bridgehead atoms. The Morgan fingerprint density at radius 3 is 2.59 bits per heavy atom. The normalized spacial score (nSPS) is 34.5. The molecule has 4 heteroatoms. The Bertz CT molecular complexity index is 295. The predicted octanol–water partition coefficient (Wildman–Crippen LogP) is 0.716. The topological polar surface area (TPSA) is 58.4 Å². The van der Waals surface area contributed by atoms with Crippen molar-refractivity contribution in [2.45, 2.75) is 45.1 Å². The molecule has 98 valence electrons. The van der Waals surface area contributed by atoms with E-state index in [0.717, 1.165) is 51.9 Å². The minimum atomic E-state index is -0.379. The van der Waals surface area contributed by atoms with Gasteiger partial charge in [-0.25, -0.2) is 0 Å². The van der Waals surface area contributed by atoms with Crippen LogP contribution in [0.3, 0.4) is 0 Å². The largest absolute Gasteiger partial charge is 0.368 e. The SMILES string of the molecule is CC1(C)CCC(C(N)=O)(N2CCCNCC2)C1. The summed E-state index contributed by atoms with van der Waals surface area (Å²) in [5.41, 5.74) is 5.60. The van der Waals surface area contributed by atoms with Crippen molar-refractivity contribution in [1.29, 1.82) is 0 Å². The van der Waals surface area contributed by atoms with Gasteiger partial charge >= 0.3 is 0 Å². The van der Waals surface area contributed by atoms with E-state index in [1.165, 1.54) is 0 Å². The molecule has 0 spiro atoms. The molecular weight excluding hydrogens is 214 g/mol. The lowest BCUT2D eigenvalue weighted by Gasteiger charge is -2.39. The molecule has 1 atom stereocenters. The lowest BCUT2D eigenvalue weighted by atomic mass is 9.86. The van der Waals surface area contributed by atoms with Crippen LogP contribution in [0.15, 0.2) is 0 Å². The zero-order chi connectivity index (χ0) is 12.5. The molecule has 4 nitrogen and oxygen atoms in total. The molecule has 0 aromatic rings. The highest BCUT2D eigenvalue weighted by Crippen LogP contribution is 2.46. The maximum absolute atomic E-state index is 12.0. The number of carbonyl (C=O) groups is 1. The van der Waals surface area contributed by atoms with Crippen LogP contribution in [0.1, 0.15) is 39.5 Å². The number of nitrogens with zero attached hydrogens (tertiary/aromatic N) is 1. The van der Waals surface area contributed by atoms with Gasteiger partial charge in [-0.05, 0) is 37.6 Å². The van der Waals surface area contributed by atoms with Gasteiger partial charge in [0.05, 0.1) is 0 Å². The van der Waals surface area contributed by atoms with E-state index >= 15 is 0 Å². The average Bonchev–Trinajstić information content (AvgIpc) is 2.47. The van der Waals surface area contributed by atoms with E-state index in [-0.39, 0.29) is 16.9 Å². The van der Waals surface area contributed by atoms with Crippen molar-refractivity contribution < 1.29 is 4.79 Å². The van der Waals surface area contributed by atoms with Crippen LogP contribution in [-0.4, -0.2) is 42.5 Å². The van der Waals surface area contributed by atoms with Crippen molar-refractivity contribution in [3.8, 4) is 0 Å². The van der Waals surface area contributed by atoms with Gasteiger partial charge in [0.2, 0.25) is 5.91 Å². The van der Waals surface area contributed by atoms with E-state index < -0.39 is 0 Å². The van der Waals surface area contributed by atoms with E-state index in [4.69, 9.17) is 5.73 Å². The average molecular weight is 239 g/mol. The fourth-order valence-corrected chi connectivity index (χ4v) is 3.42. The van der Waals surface area contributed by atoms with Gasteiger partial charge in [0, 0.05) is 19.6 Å². The molecule has 0 aromatic carbocycles. The summed E-state index contributed by atoms with van der Waals surface area (Å²) in [7, 11) is 0. The molecule has 1 amide bonds. The molecule has 1 aliphatic heterocycles. The van der Waals surface area contributed by atoms with Crippen LogP contribution >= 0.6 is 0 Å². The molecule has 1 heterocycles. The molecular formula is C13H25N3O. The van der Waals surface area contributed by atoms with Crippen molar-refractivity contribution in [2.75, 3.05) is 26.2 Å². The quantitative estimate of drug-likeness (QED) is 0.746. The number of primary amides is 1. The van der Waals surface area contributed by atoms with Crippen molar-refractivity contribution in [3.63, 3.8) is 0 Å². The highest BCUT2D eigenvalue weighted by atomic mass is 16.1. The Labute approximate surface area is 104 Å². The number of nitrogens with two attached hydrogens (primary N) is 1. The van der Waals surface area contributed by atoms with Gasteiger partial charge in [0.1, 0.15) is 5.54 Å². The third-order valence-corrected chi connectivity index (χ3v) is 4.39. The maximum atomic E-state index is 12.0. The molecule has 0 aromatic heterocycles. The second-order valence-corrected chi connectivity index (χ2v) is 6.33. The van der Waals surface area contributed by atoms with Crippen LogP contribution in [0, 0.1) is 5.41 Å². The van der Waals surface area contributed by atoms with Crippen LogP contribution < -0.4 is 11.1 Å². The van der Waals surface area contributed by atoms with Gasteiger partial charge in [-0.2, -0.15) is 0 Å². The predicted molar refractivity (Wildman–Crippen MR) is 68.6 cm³/mol. The van der Waals surface area contributed by atoms with Crippen molar-refractivity contribution >= 4 is 5.91 Å². The third kappa shape index (κ3) is 2.47. The summed E-state index contributed by atoms with van der Waals surface area (Å²) < 4.78 is 0. The third-order valence-electron chi connectivity index (χ3n) is 4.39. The lowest BCUT2D eigenvalue weighted by Crippen LogP contribution is -2.57. The van der Waals surface area contributed by atoms with Crippen molar-refractivity contribution in [2.24, 2.45) is 11.1 Å². The highest BCUT2D eigenvalue weighted by Gasteiger charge is 2.50. The molecule has 3 N–H and O–H groups in total. The summed E-state index contributed by atoms with van der Waals surface area (Å²) in [5.74, 6) is -0.120. The van der Waals surface area contributed by atoms with Crippen LogP contribution in [0.5, 0.6) is 0 Å². The first-order valence-electron chi connectivity index (χ1n) is 6.72. The van der Waals surface area contributed by atoms with Gasteiger partial charge in [0.25, 0.3) is 0 Å². The summed E-state index contributed by atoms with van der Waals surface area (Å²) in [6.45, 7) is 8.44. The highest BCUT2D eigenvalue weighted by molar-refractivity contribution is 5.85. The number of nitrogens with one attached hydrogen (secondary N) is 1. The van der Waals surface area contributed by atoms with Gasteiger partial charge in [-0.3, -0.25) is 9.69 Å². The molecule has 17 heavy (non-hydrogen) atoms. The second kappa shape index (κ2) is 4.58. The molecule has 1 unspecified atom stereocenters. The molecule has 1 saturated carbocycles. The Morgan fingerprint density at radius 2 is 2.00 bits per heavy atom. The van der Waals surface area contributed by atoms with Crippen LogP contribution in [0.25, 0.3) is 0 Å². The minimum Gasteiger partial charge on any atom is -0.368 e.